The third-order valence-electron chi connectivity index (χ3n) is 2.97. The number of nitriles is 1. The van der Waals surface area contributed by atoms with Gasteiger partial charge in [-0.2, -0.15) is 15.3 Å². The van der Waals surface area contributed by atoms with E-state index in [0.717, 1.165) is 17.7 Å². The third kappa shape index (κ3) is 3.79. The fraction of sp³-hybridized carbons (Fsp3) is 0.500. The zero-order chi connectivity index (χ0) is 15.4. The second-order valence-corrected chi connectivity index (χ2v) is 6.16. The summed E-state index contributed by atoms with van der Waals surface area (Å²) >= 11 is 1.40. The molecule has 2 rings (SSSR count). The molecule has 0 radical (unpaired) electrons. The Bertz CT molecular complexity index is 674. The fourth-order valence-corrected chi connectivity index (χ4v) is 2.56. The summed E-state index contributed by atoms with van der Waals surface area (Å²) in [5.41, 5.74) is 2.21. The predicted molar refractivity (Wildman–Crippen MR) is 78.6 cm³/mol. The van der Waals surface area contributed by atoms with Crippen LogP contribution in [0.15, 0.2) is 9.55 Å². The van der Waals surface area contributed by atoms with E-state index in [9.17, 15) is 5.26 Å². The molecule has 0 aliphatic carbocycles. The van der Waals surface area contributed by atoms with Crippen molar-refractivity contribution >= 4 is 11.8 Å². The largest absolute Gasteiger partial charge is 0.339 e. The first-order valence-electron chi connectivity index (χ1n) is 6.69. The summed E-state index contributed by atoms with van der Waals surface area (Å²) in [6.07, 6.45) is 0.768. The first kappa shape index (κ1) is 15.4. The quantitative estimate of drug-likeness (QED) is 0.784. The molecule has 2 heterocycles. The van der Waals surface area contributed by atoms with Crippen molar-refractivity contribution in [3.05, 3.63) is 28.5 Å². The maximum Gasteiger partial charge on any atom is 0.226 e. The highest BCUT2D eigenvalue weighted by molar-refractivity contribution is 7.98. The highest BCUT2D eigenvalue weighted by Gasteiger charge is 2.14. The number of aryl methyl sites for hydroxylation is 1. The molecule has 21 heavy (non-hydrogen) atoms. The lowest BCUT2D eigenvalue weighted by Gasteiger charge is -2.05. The zero-order valence-corrected chi connectivity index (χ0v) is 13.4. The van der Waals surface area contributed by atoms with E-state index >= 15 is 0 Å². The summed E-state index contributed by atoms with van der Waals surface area (Å²) < 4.78 is 5.19. The van der Waals surface area contributed by atoms with Crippen molar-refractivity contribution in [2.75, 3.05) is 0 Å². The summed E-state index contributed by atoms with van der Waals surface area (Å²) in [5.74, 6) is 2.24. The Morgan fingerprint density at radius 2 is 2.05 bits per heavy atom. The molecule has 0 N–H and O–H groups in total. The molecule has 0 bridgehead atoms. The van der Waals surface area contributed by atoms with E-state index < -0.39 is 0 Å². The zero-order valence-electron chi connectivity index (χ0n) is 12.5. The summed E-state index contributed by atoms with van der Waals surface area (Å²) in [7, 11) is 0. The van der Waals surface area contributed by atoms with Crippen LogP contribution in [0.3, 0.4) is 0 Å². The van der Waals surface area contributed by atoms with Gasteiger partial charge in [0.05, 0.1) is 17.0 Å². The number of aromatic nitrogens is 4. The lowest BCUT2D eigenvalue weighted by Crippen LogP contribution is -1.99. The van der Waals surface area contributed by atoms with Crippen molar-refractivity contribution in [3.63, 3.8) is 0 Å². The maximum absolute atomic E-state index is 9.24. The van der Waals surface area contributed by atoms with Crippen LogP contribution in [0, 0.1) is 31.1 Å². The molecular weight excluding hydrogens is 286 g/mol. The topological polar surface area (TPSA) is 88.5 Å². The summed E-state index contributed by atoms with van der Waals surface area (Å²) in [6.45, 7) is 7.92. The van der Waals surface area contributed by atoms with Crippen LogP contribution in [0.2, 0.25) is 0 Å². The molecule has 6 nitrogen and oxygen atoms in total. The van der Waals surface area contributed by atoms with Gasteiger partial charge in [-0.25, -0.2) is 0 Å². The van der Waals surface area contributed by atoms with Crippen LogP contribution in [0.4, 0.5) is 0 Å². The van der Waals surface area contributed by atoms with Gasteiger partial charge in [0.15, 0.2) is 5.82 Å². The van der Waals surface area contributed by atoms with E-state index in [-0.39, 0.29) is 0 Å². The minimum atomic E-state index is 0.474. The third-order valence-corrected chi connectivity index (χ3v) is 3.93. The Balaban J connectivity index is 2.08. The van der Waals surface area contributed by atoms with Crippen molar-refractivity contribution in [2.45, 2.75) is 44.9 Å². The first-order chi connectivity index (χ1) is 10.0. The summed E-state index contributed by atoms with van der Waals surface area (Å²) in [4.78, 5) is 4.33. The van der Waals surface area contributed by atoms with Gasteiger partial charge in [0.2, 0.25) is 5.89 Å². The molecule has 0 unspecified atom stereocenters. The van der Waals surface area contributed by atoms with E-state index in [4.69, 9.17) is 4.52 Å². The second kappa shape index (κ2) is 6.68. The van der Waals surface area contributed by atoms with Crippen LogP contribution < -0.4 is 0 Å². The number of rotatable bonds is 5. The lowest BCUT2D eigenvalue weighted by molar-refractivity contribution is 0.360. The van der Waals surface area contributed by atoms with Crippen LogP contribution in [0.5, 0.6) is 0 Å². The smallest absolute Gasteiger partial charge is 0.226 e. The number of hydrogen-bond acceptors (Lipinski definition) is 7. The monoisotopic (exact) mass is 303 g/mol. The molecule has 0 aliphatic rings. The lowest BCUT2D eigenvalue weighted by atomic mass is 10.1. The van der Waals surface area contributed by atoms with Gasteiger partial charge in [-0.1, -0.05) is 30.8 Å². The van der Waals surface area contributed by atoms with Gasteiger partial charge in [-0.3, -0.25) is 0 Å². The van der Waals surface area contributed by atoms with E-state index in [0.29, 0.717) is 34.0 Å². The van der Waals surface area contributed by atoms with Crippen molar-refractivity contribution in [3.8, 4) is 6.07 Å². The number of thioether (sulfide) groups is 1. The second-order valence-electron chi connectivity index (χ2n) is 5.19. The Morgan fingerprint density at radius 1 is 1.29 bits per heavy atom. The number of nitrogens with zero attached hydrogens (tertiary/aromatic N) is 5. The molecule has 2 aromatic heterocycles. The number of hydrogen-bond donors (Lipinski definition) is 0. The molecule has 0 aromatic carbocycles. The van der Waals surface area contributed by atoms with Crippen LogP contribution in [-0.4, -0.2) is 20.3 Å². The minimum Gasteiger partial charge on any atom is -0.339 e. The molecule has 0 amide bonds. The Morgan fingerprint density at radius 3 is 2.71 bits per heavy atom. The van der Waals surface area contributed by atoms with Gasteiger partial charge in [-0.05, 0) is 25.3 Å². The van der Waals surface area contributed by atoms with Crippen molar-refractivity contribution in [1.29, 1.82) is 5.26 Å². The Labute approximate surface area is 128 Å². The van der Waals surface area contributed by atoms with E-state index in [1.807, 2.05) is 13.8 Å². The standard InChI is InChI=1S/C14H17N5OS/c1-8(2)5-13-16-12(19-20-13)7-21-14-11(6-15)9(3)10(4)17-18-14/h8H,5,7H2,1-4H3. The molecule has 0 spiro atoms. The molecule has 0 saturated carbocycles. The SMILES string of the molecule is Cc1nnc(SCc2noc(CC(C)C)n2)c(C#N)c1C. The molecule has 2 aromatic rings. The average Bonchev–Trinajstić information content (AvgIpc) is 2.87. The van der Waals surface area contributed by atoms with Crippen molar-refractivity contribution in [2.24, 2.45) is 5.92 Å². The minimum absolute atomic E-state index is 0.474. The van der Waals surface area contributed by atoms with Crippen LogP contribution in [-0.2, 0) is 12.2 Å². The van der Waals surface area contributed by atoms with Gasteiger partial charge in [0, 0.05) is 6.42 Å². The van der Waals surface area contributed by atoms with Crippen molar-refractivity contribution < 1.29 is 4.52 Å². The van der Waals surface area contributed by atoms with Crippen LogP contribution in [0.1, 0.15) is 42.4 Å². The average molecular weight is 303 g/mol. The predicted octanol–water partition coefficient (Wildman–Crippen LogP) is 2.84. The molecular formula is C14H17N5OS. The Kier molecular flexibility index (Phi) is 4.91. The van der Waals surface area contributed by atoms with Gasteiger partial charge in [-0.15, -0.1) is 5.10 Å². The highest BCUT2D eigenvalue weighted by atomic mass is 32.2. The molecule has 0 saturated heterocycles. The van der Waals surface area contributed by atoms with Crippen LogP contribution >= 0.6 is 11.8 Å². The van der Waals surface area contributed by atoms with E-state index in [1.54, 1.807) is 0 Å². The first-order valence-corrected chi connectivity index (χ1v) is 7.68. The van der Waals surface area contributed by atoms with E-state index in [1.165, 1.54) is 11.8 Å². The highest BCUT2D eigenvalue weighted by Crippen LogP contribution is 2.25. The van der Waals surface area contributed by atoms with Gasteiger partial charge in [0.1, 0.15) is 11.1 Å². The normalized spacial score (nSPS) is 10.9. The van der Waals surface area contributed by atoms with E-state index in [2.05, 4.69) is 40.3 Å². The van der Waals surface area contributed by atoms with Crippen molar-refractivity contribution in [1.82, 2.24) is 20.3 Å². The molecule has 110 valence electrons. The Hall–Kier alpha value is -1.94. The molecule has 0 aliphatic heterocycles. The van der Waals surface area contributed by atoms with Crippen LogP contribution in [0.25, 0.3) is 0 Å². The molecule has 0 atom stereocenters. The fourth-order valence-electron chi connectivity index (χ4n) is 1.73. The van der Waals surface area contributed by atoms with Gasteiger partial charge >= 0.3 is 0 Å². The molecule has 7 heteroatoms. The van der Waals surface area contributed by atoms with Gasteiger partial charge in [0.25, 0.3) is 0 Å². The molecule has 0 fully saturated rings. The summed E-state index contributed by atoms with van der Waals surface area (Å²) in [5, 5.41) is 21.9. The maximum atomic E-state index is 9.24. The van der Waals surface area contributed by atoms with Gasteiger partial charge < -0.3 is 4.52 Å². The summed E-state index contributed by atoms with van der Waals surface area (Å²) in [6, 6.07) is 2.18.